The quantitative estimate of drug-likeness (QED) is 0.588. The summed E-state index contributed by atoms with van der Waals surface area (Å²) in [5.41, 5.74) is 0.556. The molecule has 7 nitrogen and oxygen atoms in total. The molecule has 2 unspecified atom stereocenters. The second-order valence-corrected chi connectivity index (χ2v) is 9.40. The van der Waals surface area contributed by atoms with Gasteiger partial charge in [0.2, 0.25) is 5.91 Å². The summed E-state index contributed by atoms with van der Waals surface area (Å²) < 4.78 is 46.2. The number of aliphatic hydroxyl groups excluding tert-OH is 1. The summed E-state index contributed by atoms with van der Waals surface area (Å²) in [4.78, 5) is 25.1. The Morgan fingerprint density at radius 1 is 1.03 bits per heavy atom. The number of amides is 2. The highest BCUT2D eigenvalue weighted by Gasteiger charge is 2.41. The number of ether oxygens (including phenoxy) is 2. The molecule has 11 heteroatoms. The molecule has 0 spiro atoms. The third-order valence-corrected chi connectivity index (χ3v) is 6.75. The number of hydrogen-bond acceptors (Lipinski definition) is 5. The van der Waals surface area contributed by atoms with Gasteiger partial charge >= 0.3 is 6.36 Å². The molecule has 2 saturated carbocycles. The van der Waals surface area contributed by atoms with Crippen LogP contribution in [0.1, 0.15) is 56.6 Å². The van der Waals surface area contributed by atoms with Gasteiger partial charge in [0.25, 0.3) is 5.91 Å². The molecular weight excluding hydrogens is 465 g/mol. The average Bonchev–Trinajstić information content (AvgIpc) is 2.72. The van der Waals surface area contributed by atoms with Crippen molar-refractivity contribution in [2.45, 2.75) is 81.7 Å². The number of nitrogens with one attached hydrogen (secondary N) is 2. The maximum Gasteiger partial charge on any atom is 0.522 e. The van der Waals surface area contributed by atoms with E-state index in [1.807, 2.05) is 0 Å². The number of aliphatic hydroxyl groups is 1. The number of carbonyl (C=O) groups excluding carboxylic acids is 2. The molecule has 2 fully saturated rings. The molecular formula is C22H26ClF3N2O5. The van der Waals surface area contributed by atoms with Crippen LogP contribution in [0, 0.1) is 5.92 Å². The second kappa shape index (κ2) is 9.68. The Balaban J connectivity index is 1.19. The molecule has 2 atom stereocenters. The van der Waals surface area contributed by atoms with E-state index in [0.29, 0.717) is 42.0 Å². The smallest absolute Gasteiger partial charge is 0.480 e. The van der Waals surface area contributed by atoms with Crippen molar-refractivity contribution in [1.82, 2.24) is 10.6 Å². The van der Waals surface area contributed by atoms with E-state index in [9.17, 15) is 27.9 Å². The minimum atomic E-state index is -4.65. The summed E-state index contributed by atoms with van der Waals surface area (Å²) in [6.45, 7) is 0. The molecule has 2 amide bonds. The molecule has 33 heavy (non-hydrogen) atoms. The molecule has 0 radical (unpaired) electrons. The lowest BCUT2D eigenvalue weighted by molar-refractivity contribution is -0.351. The first kappa shape index (κ1) is 24.1. The summed E-state index contributed by atoms with van der Waals surface area (Å²) in [6.07, 6.45) is -4.44. The lowest BCUT2D eigenvalue weighted by atomic mass is 9.83. The lowest BCUT2D eigenvalue weighted by Gasteiger charge is -2.37. The van der Waals surface area contributed by atoms with Crippen molar-refractivity contribution in [2.24, 2.45) is 5.92 Å². The molecule has 1 aromatic carbocycles. The molecule has 3 N–H and O–H groups in total. The highest BCUT2D eigenvalue weighted by Crippen LogP contribution is 2.37. The minimum Gasteiger partial charge on any atom is -0.480 e. The molecule has 1 heterocycles. The van der Waals surface area contributed by atoms with Gasteiger partial charge in [-0.3, -0.25) is 14.3 Å². The van der Waals surface area contributed by atoms with E-state index in [2.05, 4.69) is 15.4 Å². The van der Waals surface area contributed by atoms with Gasteiger partial charge in [0.05, 0.1) is 12.2 Å². The van der Waals surface area contributed by atoms with Gasteiger partial charge in [-0.2, -0.15) is 0 Å². The summed E-state index contributed by atoms with van der Waals surface area (Å²) >= 11 is 5.95. The molecule has 4 rings (SSSR count). The Labute approximate surface area is 193 Å². The molecule has 3 aliphatic rings. The van der Waals surface area contributed by atoms with E-state index in [-0.39, 0.29) is 49.1 Å². The topological polar surface area (TPSA) is 96.9 Å². The third kappa shape index (κ3) is 6.10. The number of rotatable bonds is 5. The number of alkyl halides is 3. The zero-order valence-electron chi connectivity index (χ0n) is 17.7. The fraction of sp³-hybridized carbons (Fsp3) is 0.636. The van der Waals surface area contributed by atoms with Crippen molar-refractivity contribution in [3.63, 3.8) is 0 Å². The highest BCUT2D eigenvalue weighted by molar-refractivity contribution is 6.30. The van der Waals surface area contributed by atoms with Crippen LogP contribution in [0.15, 0.2) is 18.2 Å². The molecule has 1 aliphatic heterocycles. The van der Waals surface area contributed by atoms with Crippen LogP contribution in [0.4, 0.5) is 13.2 Å². The van der Waals surface area contributed by atoms with Gasteiger partial charge in [0, 0.05) is 35.0 Å². The van der Waals surface area contributed by atoms with Gasteiger partial charge in [-0.25, -0.2) is 0 Å². The number of benzene rings is 1. The van der Waals surface area contributed by atoms with Crippen LogP contribution in [0.3, 0.4) is 0 Å². The van der Waals surface area contributed by atoms with Gasteiger partial charge in [0.15, 0.2) is 6.10 Å². The number of carbonyl (C=O) groups is 2. The van der Waals surface area contributed by atoms with E-state index in [1.165, 1.54) is 0 Å². The van der Waals surface area contributed by atoms with E-state index < -0.39 is 24.7 Å². The molecule has 0 aromatic heterocycles. The Bertz CT molecular complexity index is 885. The van der Waals surface area contributed by atoms with Crippen LogP contribution in [0.2, 0.25) is 5.02 Å². The monoisotopic (exact) mass is 490 g/mol. The maximum atomic E-state index is 12.7. The van der Waals surface area contributed by atoms with Crippen LogP contribution < -0.4 is 15.4 Å². The summed E-state index contributed by atoms with van der Waals surface area (Å²) in [5, 5.41) is 16.6. The van der Waals surface area contributed by atoms with Gasteiger partial charge in [0.1, 0.15) is 5.75 Å². The van der Waals surface area contributed by atoms with Crippen LogP contribution in [-0.2, 0) is 14.3 Å². The molecule has 0 bridgehead atoms. The highest BCUT2D eigenvalue weighted by atomic mass is 35.5. The molecule has 2 aliphatic carbocycles. The van der Waals surface area contributed by atoms with Crippen LogP contribution >= 0.6 is 11.6 Å². The van der Waals surface area contributed by atoms with Gasteiger partial charge in [-0.15, -0.1) is 13.2 Å². The van der Waals surface area contributed by atoms with Crippen LogP contribution in [0.5, 0.6) is 5.75 Å². The average molecular weight is 491 g/mol. The van der Waals surface area contributed by atoms with Crippen LogP contribution in [0.25, 0.3) is 0 Å². The summed E-state index contributed by atoms with van der Waals surface area (Å²) in [7, 11) is 0. The van der Waals surface area contributed by atoms with Crippen molar-refractivity contribution in [3.05, 3.63) is 28.8 Å². The normalized spacial score (nSPS) is 31.5. The van der Waals surface area contributed by atoms with Crippen molar-refractivity contribution in [1.29, 1.82) is 0 Å². The summed E-state index contributed by atoms with van der Waals surface area (Å²) in [5.74, 6) is -0.278. The number of fused-ring (bicyclic) bond motifs is 1. The second-order valence-electron chi connectivity index (χ2n) is 8.96. The molecule has 182 valence electrons. The Morgan fingerprint density at radius 3 is 2.36 bits per heavy atom. The minimum absolute atomic E-state index is 0.109. The first-order valence-corrected chi connectivity index (χ1v) is 11.4. The summed E-state index contributed by atoms with van der Waals surface area (Å²) in [6, 6.07) is 4.48. The number of hydrogen-bond donors (Lipinski definition) is 3. The molecule has 1 aromatic rings. The first-order valence-electron chi connectivity index (χ1n) is 11.1. The van der Waals surface area contributed by atoms with Gasteiger partial charge in [-0.05, 0) is 56.7 Å². The lowest BCUT2D eigenvalue weighted by Crippen LogP contribution is -2.51. The predicted molar refractivity (Wildman–Crippen MR) is 111 cm³/mol. The predicted octanol–water partition coefficient (Wildman–Crippen LogP) is 3.38. The molecule has 0 saturated heterocycles. The Morgan fingerprint density at radius 2 is 1.70 bits per heavy atom. The fourth-order valence-electron chi connectivity index (χ4n) is 4.66. The zero-order valence-corrected chi connectivity index (χ0v) is 18.5. The largest absolute Gasteiger partial charge is 0.522 e. The zero-order chi connectivity index (χ0) is 23.8. The third-order valence-electron chi connectivity index (χ3n) is 6.52. The van der Waals surface area contributed by atoms with Crippen molar-refractivity contribution < 1.29 is 37.3 Å². The van der Waals surface area contributed by atoms with Crippen LogP contribution in [-0.4, -0.2) is 47.6 Å². The standard InChI is InChI=1S/C22H26ClF3N2O5/c23-12-3-6-18-16(7-12)17(29)10-19(32-18)21(31)27-13-4-1-11(2-5-13)20(30)28-14-8-15(9-14)33-22(24,25)26/h3,6-7,11,13-15,17,19,29H,1-2,4-5,8-10H2,(H,27,31)(H,28,30). The SMILES string of the molecule is O=C(NC1CC(OC(F)(F)F)C1)C1CCC(NC(=O)C2CC(O)c3cc(Cl)ccc3O2)CC1. The fourth-order valence-corrected chi connectivity index (χ4v) is 4.84. The van der Waals surface area contributed by atoms with E-state index in [4.69, 9.17) is 16.3 Å². The Kier molecular flexibility index (Phi) is 7.07. The maximum absolute atomic E-state index is 12.7. The van der Waals surface area contributed by atoms with Crippen molar-refractivity contribution in [2.75, 3.05) is 0 Å². The van der Waals surface area contributed by atoms with E-state index in [0.717, 1.165) is 0 Å². The van der Waals surface area contributed by atoms with E-state index >= 15 is 0 Å². The van der Waals surface area contributed by atoms with Gasteiger partial charge < -0.3 is 20.5 Å². The first-order chi connectivity index (χ1) is 15.6. The van der Waals surface area contributed by atoms with Crippen molar-refractivity contribution in [3.8, 4) is 5.75 Å². The van der Waals surface area contributed by atoms with E-state index in [1.54, 1.807) is 18.2 Å². The Hall–Kier alpha value is -2.04. The van der Waals surface area contributed by atoms with Gasteiger partial charge in [-0.1, -0.05) is 11.6 Å². The number of halogens is 4. The van der Waals surface area contributed by atoms with Crippen molar-refractivity contribution >= 4 is 23.4 Å².